The highest BCUT2D eigenvalue weighted by Crippen LogP contribution is 2.08. The van der Waals surface area contributed by atoms with Gasteiger partial charge < -0.3 is 10.6 Å². The molecule has 1 aliphatic heterocycles. The van der Waals surface area contributed by atoms with E-state index in [0.717, 1.165) is 18.8 Å². The van der Waals surface area contributed by atoms with Gasteiger partial charge in [-0.1, -0.05) is 13.3 Å². The van der Waals surface area contributed by atoms with Gasteiger partial charge in [0.05, 0.1) is 0 Å². The molecule has 1 unspecified atom stereocenters. The minimum absolute atomic E-state index is 0.143. The molecule has 4 nitrogen and oxygen atoms in total. The number of rotatable bonds is 3. The Hall–Kier alpha value is -1.06. The number of guanidine groups is 1. The Kier molecular flexibility index (Phi) is 3.28. The van der Waals surface area contributed by atoms with Crippen LogP contribution in [0.1, 0.15) is 33.6 Å². The molecule has 0 aliphatic carbocycles. The molecule has 0 radical (unpaired) electrons. The molecule has 0 fully saturated rings. The van der Waals surface area contributed by atoms with E-state index in [1.54, 1.807) is 0 Å². The van der Waals surface area contributed by atoms with Crippen molar-refractivity contribution in [2.75, 3.05) is 6.54 Å². The lowest BCUT2D eigenvalue weighted by Crippen LogP contribution is -2.46. The van der Waals surface area contributed by atoms with Gasteiger partial charge in [-0.2, -0.15) is 0 Å². The molecule has 1 rings (SSSR count). The predicted octanol–water partition coefficient (Wildman–Crippen LogP) is 1.18. The summed E-state index contributed by atoms with van der Waals surface area (Å²) in [5.74, 6) is 1.38. The summed E-state index contributed by atoms with van der Waals surface area (Å²) in [7, 11) is 0. The van der Waals surface area contributed by atoms with E-state index in [1.807, 2.05) is 18.7 Å². The molecule has 0 aromatic rings. The SMILES string of the molecule is CCCCN1C(N)=NC(C)=NC1C. The first-order chi connectivity index (χ1) is 6.15. The third-order valence-electron chi connectivity index (χ3n) is 2.15. The van der Waals surface area contributed by atoms with Gasteiger partial charge in [0, 0.05) is 6.54 Å². The van der Waals surface area contributed by atoms with Gasteiger partial charge in [-0.15, -0.1) is 0 Å². The van der Waals surface area contributed by atoms with Crippen LogP contribution in [0.4, 0.5) is 0 Å². The molecule has 0 aromatic heterocycles. The molecule has 0 saturated heterocycles. The summed E-state index contributed by atoms with van der Waals surface area (Å²) in [5.41, 5.74) is 5.80. The smallest absolute Gasteiger partial charge is 0.199 e. The standard InChI is InChI=1S/C9H18N4/c1-4-5-6-13-8(3)11-7(2)12-9(13)10/h8H,4-6H2,1-3H3,(H2,10,11,12). The van der Waals surface area contributed by atoms with E-state index in [2.05, 4.69) is 16.9 Å². The maximum absolute atomic E-state index is 5.80. The molecule has 13 heavy (non-hydrogen) atoms. The summed E-state index contributed by atoms with van der Waals surface area (Å²) in [6, 6.07) is 0. The van der Waals surface area contributed by atoms with E-state index in [-0.39, 0.29) is 6.17 Å². The Bertz CT molecular complexity index is 232. The van der Waals surface area contributed by atoms with Crippen molar-refractivity contribution in [1.82, 2.24) is 4.90 Å². The Morgan fingerprint density at radius 3 is 2.77 bits per heavy atom. The maximum Gasteiger partial charge on any atom is 0.199 e. The van der Waals surface area contributed by atoms with Crippen molar-refractivity contribution in [3.63, 3.8) is 0 Å². The fourth-order valence-electron chi connectivity index (χ4n) is 1.42. The summed E-state index contributed by atoms with van der Waals surface area (Å²) in [5, 5.41) is 0. The van der Waals surface area contributed by atoms with E-state index >= 15 is 0 Å². The molecule has 0 saturated carbocycles. The van der Waals surface area contributed by atoms with Crippen molar-refractivity contribution in [3.8, 4) is 0 Å². The summed E-state index contributed by atoms with van der Waals surface area (Å²) < 4.78 is 0. The number of nitrogens with zero attached hydrogens (tertiary/aromatic N) is 3. The van der Waals surface area contributed by atoms with Gasteiger partial charge >= 0.3 is 0 Å². The topological polar surface area (TPSA) is 54.0 Å². The molecule has 0 spiro atoms. The van der Waals surface area contributed by atoms with Crippen molar-refractivity contribution in [2.24, 2.45) is 15.7 Å². The predicted molar refractivity (Wildman–Crippen MR) is 55.8 cm³/mol. The first-order valence-electron chi connectivity index (χ1n) is 4.80. The average molecular weight is 182 g/mol. The van der Waals surface area contributed by atoms with Crippen LogP contribution in [0.25, 0.3) is 0 Å². The quantitative estimate of drug-likeness (QED) is 0.712. The molecule has 4 heteroatoms. The minimum Gasteiger partial charge on any atom is -0.369 e. The van der Waals surface area contributed by atoms with Crippen LogP contribution in [0.2, 0.25) is 0 Å². The van der Waals surface area contributed by atoms with Crippen LogP contribution >= 0.6 is 0 Å². The van der Waals surface area contributed by atoms with Gasteiger partial charge in [0.1, 0.15) is 12.0 Å². The second kappa shape index (κ2) is 4.25. The highest BCUT2D eigenvalue weighted by atomic mass is 15.4. The number of amidine groups is 1. The number of hydrogen-bond donors (Lipinski definition) is 1. The number of unbranched alkanes of at least 4 members (excludes halogenated alkanes) is 1. The molecule has 1 aliphatic rings. The number of nitrogens with two attached hydrogens (primary N) is 1. The summed E-state index contributed by atoms with van der Waals surface area (Å²) in [6.07, 6.45) is 2.44. The lowest BCUT2D eigenvalue weighted by Gasteiger charge is -2.30. The summed E-state index contributed by atoms with van der Waals surface area (Å²) in [4.78, 5) is 10.5. The number of hydrogen-bond acceptors (Lipinski definition) is 4. The minimum atomic E-state index is 0.143. The van der Waals surface area contributed by atoms with Crippen LogP contribution in [0.3, 0.4) is 0 Å². The zero-order valence-corrected chi connectivity index (χ0v) is 8.62. The molecule has 74 valence electrons. The summed E-state index contributed by atoms with van der Waals surface area (Å²) in [6.45, 7) is 7.03. The lowest BCUT2D eigenvalue weighted by atomic mass is 10.3. The zero-order valence-electron chi connectivity index (χ0n) is 8.62. The van der Waals surface area contributed by atoms with Crippen LogP contribution in [-0.4, -0.2) is 29.4 Å². The highest BCUT2D eigenvalue weighted by Gasteiger charge is 2.18. The zero-order chi connectivity index (χ0) is 9.84. The van der Waals surface area contributed by atoms with E-state index in [0.29, 0.717) is 5.96 Å². The molecule has 0 aromatic carbocycles. The van der Waals surface area contributed by atoms with Gasteiger partial charge in [-0.3, -0.25) is 0 Å². The summed E-state index contributed by atoms with van der Waals surface area (Å²) >= 11 is 0. The molecule has 1 heterocycles. The van der Waals surface area contributed by atoms with E-state index in [4.69, 9.17) is 5.73 Å². The van der Waals surface area contributed by atoms with Gasteiger partial charge in [-0.25, -0.2) is 9.98 Å². The van der Waals surface area contributed by atoms with Gasteiger partial charge in [0.15, 0.2) is 5.96 Å². The van der Waals surface area contributed by atoms with Crippen LogP contribution in [0.15, 0.2) is 9.98 Å². The maximum atomic E-state index is 5.80. The van der Waals surface area contributed by atoms with Gasteiger partial charge in [-0.05, 0) is 20.3 Å². The van der Waals surface area contributed by atoms with Gasteiger partial charge in [0.25, 0.3) is 0 Å². The monoisotopic (exact) mass is 182 g/mol. The molecule has 0 bridgehead atoms. The van der Waals surface area contributed by atoms with Crippen LogP contribution in [0, 0.1) is 0 Å². The van der Waals surface area contributed by atoms with Crippen molar-refractivity contribution in [2.45, 2.75) is 39.8 Å². The fourth-order valence-corrected chi connectivity index (χ4v) is 1.42. The lowest BCUT2D eigenvalue weighted by molar-refractivity contribution is 0.324. The van der Waals surface area contributed by atoms with Crippen molar-refractivity contribution in [1.29, 1.82) is 0 Å². The van der Waals surface area contributed by atoms with E-state index in [1.165, 1.54) is 6.42 Å². The second-order valence-electron chi connectivity index (χ2n) is 3.33. The first kappa shape index (κ1) is 10.0. The van der Waals surface area contributed by atoms with Gasteiger partial charge in [0.2, 0.25) is 0 Å². The normalized spacial score (nSPS) is 22.7. The molecule has 0 amide bonds. The van der Waals surface area contributed by atoms with Crippen LogP contribution < -0.4 is 5.73 Å². The molecular formula is C9H18N4. The van der Waals surface area contributed by atoms with Crippen LogP contribution in [0.5, 0.6) is 0 Å². The van der Waals surface area contributed by atoms with Crippen molar-refractivity contribution >= 4 is 11.8 Å². The average Bonchev–Trinajstić information content (AvgIpc) is 2.02. The highest BCUT2D eigenvalue weighted by molar-refractivity contribution is 5.95. The number of aliphatic imine (C=N–C) groups is 2. The van der Waals surface area contributed by atoms with E-state index in [9.17, 15) is 0 Å². The Labute approximate surface area is 79.5 Å². The Balaban J connectivity index is 2.61. The molecular weight excluding hydrogens is 164 g/mol. The van der Waals surface area contributed by atoms with E-state index < -0.39 is 0 Å². The largest absolute Gasteiger partial charge is 0.369 e. The second-order valence-corrected chi connectivity index (χ2v) is 3.33. The van der Waals surface area contributed by atoms with Crippen molar-refractivity contribution in [3.05, 3.63) is 0 Å². The van der Waals surface area contributed by atoms with Crippen LogP contribution in [-0.2, 0) is 0 Å². The third kappa shape index (κ3) is 2.44. The first-order valence-corrected chi connectivity index (χ1v) is 4.80. The van der Waals surface area contributed by atoms with Crippen molar-refractivity contribution < 1.29 is 0 Å². The molecule has 2 N–H and O–H groups in total. The third-order valence-corrected chi connectivity index (χ3v) is 2.15. The molecule has 1 atom stereocenters. The Morgan fingerprint density at radius 1 is 1.54 bits per heavy atom. The Morgan fingerprint density at radius 2 is 2.23 bits per heavy atom. The fraction of sp³-hybridized carbons (Fsp3) is 0.778.